The molecule has 296 valence electrons. The van der Waals surface area contributed by atoms with Gasteiger partial charge in [-0.2, -0.15) is 13.2 Å². The standard InChI is InChI=1S/C27H30F3N3O3.C14H19FN2O2/c1-3-15(2)23(26(36)31-14-16-7-10-18(34)11-8-16)33-25(35)17-9-12-22-20(13-17)19-5-4-6-21(24(19)32-22)27(28,29)30;1-3-9(2)13(14(16)19)17-12(18)8-10-6-4-5-7-11(10)15/h4-8,10-11,15,17,23,32,34H,3,9,12-14H2,1-2H3,(H,31,36)(H,33,35);4-7,9,13H,3,8H2,1-2H3,(H2,16,19)(H,17,18)/t15?,17?,23-;9?,13-/m00/s1. The number of amides is 4. The molecule has 0 bridgehead atoms. The summed E-state index contributed by atoms with van der Waals surface area (Å²) in [6.07, 6.45) is -1.93. The maximum Gasteiger partial charge on any atom is 0.418 e. The second-order valence-electron chi connectivity index (χ2n) is 14.1. The first-order chi connectivity index (χ1) is 26.0. The third kappa shape index (κ3) is 11.1. The summed E-state index contributed by atoms with van der Waals surface area (Å²) in [7, 11) is 0. The summed E-state index contributed by atoms with van der Waals surface area (Å²) in [5, 5.41) is 18.2. The molecule has 4 aromatic rings. The van der Waals surface area contributed by atoms with Gasteiger partial charge >= 0.3 is 6.18 Å². The van der Waals surface area contributed by atoms with E-state index in [0.29, 0.717) is 43.1 Å². The van der Waals surface area contributed by atoms with Crippen LogP contribution in [-0.2, 0) is 51.2 Å². The zero-order valence-electron chi connectivity index (χ0n) is 31.4. The zero-order chi connectivity index (χ0) is 40.4. The fraction of sp³-hybridized carbons (Fsp3) is 0.415. The van der Waals surface area contributed by atoms with Crippen molar-refractivity contribution in [2.24, 2.45) is 23.5 Å². The Bertz CT molecular complexity index is 1960. The summed E-state index contributed by atoms with van der Waals surface area (Å²) < 4.78 is 53.8. The summed E-state index contributed by atoms with van der Waals surface area (Å²) in [6, 6.07) is 15.2. The molecule has 3 aromatic carbocycles. The van der Waals surface area contributed by atoms with E-state index in [2.05, 4.69) is 20.9 Å². The van der Waals surface area contributed by atoms with Crippen molar-refractivity contribution in [3.63, 3.8) is 0 Å². The number of benzene rings is 3. The summed E-state index contributed by atoms with van der Waals surface area (Å²) >= 11 is 0. The molecule has 5 atom stereocenters. The van der Waals surface area contributed by atoms with Crippen LogP contribution < -0.4 is 21.7 Å². The van der Waals surface area contributed by atoms with Gasteiger partial charge in [0, 0.05) is 23.5 Å². The third-order valence-corrected chi connectivity index (χ3v) is 10.2. The largest absolute Gasteiger partial charge is 0.508 e. The number of nitrogens with one attached hydrogen (secondary N) is 4. The normalized spacial score (nSPS) is 16.0. The van der Waals surface area contributed by atoms with E-state index in [1.807, 2.05) is 27.7 Å². The van der Waals surface area contributed by atoms with Crippen molar-refractivity contribution in [2.45, 2.75) is 91.0 Å². The molecule has 1 aliphatic carbocycles. The minimum Gasteiger partial charge on any atom is -0.508 e. The molecule has 3 unspecified atom stereocenters. The van der Waals surface area contributed by atoms with Gasteiger partial charge in [0.05, 0.1) is 17.5 Å². The number of fused-ring (bicyclic) bond motifs is 3. The van der Waals surface area contributed by atoms with E-state index < -0.39 is 47.4 Å². The number of hydrogen-bond donors (Lipinski definition) is 6. The highest BCUT2D eigenvalue weighted by atomic mass is 19.4. The molecule has 0 aliphatic heterocycles. The molecule has 0 fully saturated rings. The third-order valence-electron chi connectivity index (χ3n) is 10.2. The number of carbonyl (C=O) groups excluding carboxylic acids is 4. The van der Waals surface area contributed by atoms with Gasteiger partial charge in [-0.1, -0.05) is 83.0 Å². The average Bonchev–Trinajstić information content (AvgIpc) is 3.53. The van der Waals surface area contributed by atoms with Gasteiger partial charge in [0.25, 0.3) is 0 Å². The number of phenolic OH excluding ortho intramolecular Hbond substituents is 1. The second-order valence-corrected chi connectivity index (χ2v) is 14.1. The maximum absolute atomic E-state index is 13.5. The van der Waals surface area contributed by atoms with E-state index >= 15 is 0 Å². The van der Waals surface area contributed by atoms with Gasteiger partial charge in [0.2, 0.25) is 23.6 Å². The predicted octanol–water partition coefficient (Wildman–Crippen LogP) is 6.23. The van der Waals surface area contributed by atoms with Crippen molar-refractivity contribution in [3.05, 3.63) is 100 Å². The summed E-state index contributed by atoms with van der Waals surface area (Å²) in [5.74, 6) is -2.46. The Hall–Kier alpha value is -5.40. The number of aryl methyl sites for hydroxylation is 1. The monoisotopic (exact) mass is 767 g/mol. The highest BCUT2D eigenvalue weighted by Gasteiger charge is 2.36. The minimum atomic E-state index is -4.47. The molecule has 1 aromatic heterocycles. The average molecular weight is 768 g/mol. The Morgan fingerprint density at radius 3 is 2.18 bits per heavy atom. The van der Waals surface area contributed by atoms with E-state index in [0.717, 1.165) is 22.9 Å². The fourth-order valence-electron chi connectivity index (χ4n) is 6.56. The molecular weight excluding hydrogens is 718 g/mol. The lowest BCUT2D eigenvalue weighted by Gasteiger charge is -2.28. The number of halogens is 4. The van der Waals surface area contributed by atoms with Crippen LogP contribution in [0.5, 0.6) is 5.75 Å². The number of aromatic hydroxyl groups is 1. The molecule has 0 spiro atoms. The number of para-hydroxylation sites is 1. The number of aromatic amines is 1. The van der Waals surface area contributed by atoms with E-state index in [1.54, 1.807) is 30.3 Å². The number of H-pyrrole nitrogens is 1. The molecule has 1 aliphatic rings. The number of aromatic nitrogens is 1. The van der Waals surface area contributed by atoms with Crippen LogP contribution in [0.25, 0.3) is 10.9 Å². The predicted molar refractivity (Wildman–Crippen MR) is 201 cm³/mol. The van der Waals surface area contributed by atoms with E-state index in [9.17, 15) is 41.8 Å². The lowest BCUT2D eigenvalue weighted by atomic mass is 9.85. The molecule has 10 nitrogen and oxygen atoms in total. The minimum absolute atomic E-state index is 0.0536. The smallest absolute Gasteiger partial charge is 0.418 e. The summed E-state index contributed by atoms with van der Waals surface area (Å²) in [6.45, 7) is 7.82. The van der Waals surface area contributed by atoms with Crippen molar-refractivity contribution in [3.8, 4) is 5.75 Å². The highest BCUT2D eigenvalue weighted by molar-refractivity contribution is 5.91. The number of nitrogens with two attached hydrogens (primary N) is 1. The molecule has 4 amide bonds. The maximum atomic E-state index is 13.5. The first-order valence-corrected chi connectivity index (χ1v) is 18.4. The van der Waals surface area contributed by atoms with Gasteiger partial charge < -0.3 is 31.8 Å². The molecular formula is C41H49F4N5O5. The second kappa shape index (κ2) is 18.8. The van der Waals surface area contributed by atoms with Crippen LogP contribution >= 0.6 is 0 Å². The van der Waals surface area contributed by atoms with Crippen molar-refractivity contribution in [1.29, 1.82) is 0 Å². The number of primary amides is 1. The van der Waals surface area contributed by atoms with Gasteiger partial charge in [-0.3, -0.25) is 19.2 Å². The number of alkyl halides is 3. The number of phenols is 1. The molecule has 7 N–H and O–H groups in total. The first-order valence-electron chi connectivity index (χ1n) is 18.4. The van der Waals surface area contributed by atoms with Crippen LogP contribution in [0.1, 0.15) is 74.9 Å². The first kappa shape index (κ1) is 42.3. The van der Waals surface area contributed by atoms with Crippen LogP contribution in [-0.4, -0.2) is 45.8 Å². The number of rotatable bonds is 13. The molecule has 0 radical (unpaired) electrons. The molecule has 5 rings (SSSR count). The van der Waals surface area contributed by atoms with E-state index in [1.165, 1.54) is 30.3 Å². The number of carbonyl (C=O) groups is 4. The Kier molecular flexibility index (Phi) is 14.4. The van der Waals surface area contributed by atoms with Crippen LogP contribution in [0.4, 0.5) is 17.6 Å². The Balaban J connectivity index is 0.000000299. The van der Waals surface area contributed by atoms with E-state index in [-0.39, 0.29) is 47.9 Å². The Labute approximate surface area is 317 Å². The lowest BCUT2D eigenvalue weighted by molar-refractivity contribution is -0.136. The summed E-state index contributed by atoms with van der Waals surface area (Å²) in [5.41, 5.74) is 7.18. The Morgan fingerprint density at radius 1 is 0.909 bits per heavy atom. The highest BCUT2D eigenvalue weighted by Crippen LogP contribution is 2.39. The fourth-order valence-corrected chi connectivity index (χ4v) is 6.56. The Morgan fingerprint density at radius 2 is 1.56 bits per heavy atom. The summed E-state index contributed by atoms with van der Waals surface area (Å²) in [4.78, 5) is 52.3. The van der Waals surface area contributed by atoms with Crippen molar-refractivity contribution in [1.82, 2.24) is 20.9 Å². The van der Waals surface area contributed by atoms with Gasteiger partial charge in [-0.05, 0) is 72.1 Å². The molecule has 0 saturated carbocycles. The van der Waals surface area contributed by atoms with Crippen LogP contribution in [0, 0.1) is 23.6 Å². The lowest BCUT2D eigenvalue weighted by Crippen LogP contribution is -2.52. The van der Waals surface area contributed by atoms with Gasteiger partial charge in [-0.25, -0.2) is 4.39 Å². The molecule has 1 heterocycles. The molecule has 0 saturated heterocycles. The van der Waals surface area contributed by atoms with Crippen LogP contribution in [0.15, 0.2) is 66.7 Å². The van der Waals surface area contributed by atoms with Gasteiger partial charge in [0.1, 0.15) is 23.7 Å². The van der Waals surface area contributed by atoms with Crippen molar-refractivity contribution < 1.29 is 41.8 Å². The zero-order valence-corrected chi connectivity index (χ0v) is 31.4. The number of hydrogen-bond acceptors (Lipinski definition) is 5. The van der Waals surface area contributed by atoms with E-state index in [4.69, 9.17) is 5.73 Å². The topological polar surface area (TPSA) is 166 Å². The van der Waals surface area contributed by atoms with Gasteiger partial charge in [0.15, 0.2) is 0 Å². The molecule has 55 heavy (non-hydrogen) atoms. The van der Waals surface area contributed by atoms with Gasteiger partial charge in [-0.15, -0.1) is 0 Å². The van der Waals surface area contributed by atoms with Crippen LogP contribution in [0.3, 0.4) is 0 Å². The SMILES string of the molecule is CCC(C)[C@H](NC(=O)C1CCc2[nH]c3c(C(F)(F)F)cccc3c2C1)C(=O)NCc1ccc(O)cc1.CCC(C)[C@H](NC(=O)Cc1ccccc1F)C(N)=O. The quantitative estimate of drug-likeness (QED) is 0.0887. The van der Waals surface area contributed by atoms with Crippen LogP contribution in [0.2, 0.25) is 0 Å². The molecule has 14 heteroatoms. The van der Waals surface area contributed by atoms with Crippen molar-refractivity contribution >= 4 is 34.5 Å². The van der Waals surface area contributed by atoms with Crippen molar-refractivity contribution in [2.75, 3.05) is 0 Å².